The molecule has 0 radical (unpaired) electrons. The van der Waals surface area contributed by atoms with Crippen LogP contribution in [-0.4, -0.2) is 30.0 Å². The van der Waals surface area contributed by atoms with E-state index in [4.69, 9.17) is 4.74 Å². The fraction of sp³-hybridized carbons (Fsp3) is 0.235. The van der Waals surface area contributed by atoms with Crippen molar-refractivity contribution in [1.29, 1.82) is 0 Å². The van der Waals surface area contributed by atoms with E-state index in [0.717, 1.165) is 11.1 Å². The third-order valence-electron chi connectivity index (χ3n) is 3.14. The molecule has 0 bridgehead atoms. The Morgan fingerprint density at radius 1 is 1.10 bits per heavy atom. The van der Waals surface area contributed by atoms with Crippen molar-refractivity contribution in [3.05, 3.63) is 65.2 Å². The van der Waals surface area contributed by atoms with E-state index in [1.807, 2.05) is 36.4 Å². The summed E-state index contributed by atoms with van der Waals surface area (Å²) in [6.45, 7) is 0.347. The van der Waals surface area contributed by atoms with Crippen molar-refractivity contribution in [2.24, 2.45) is 0 Å². The van der Waals surface area contributed by atoms with Gasteiger partial charge in [-0.1, -0.05) is 30.3 Å². The number of hydrogen-bond donors (Lipinski definition) is 1. The van der Waals surface area contributed by atoms with Gasteiger partial charge >= 0.3 is 0 Å². The average molecular weight is 285 g/mol. The van der Waals surface area contributed by atoms with Crippen molar-refractivity contribution in [1.82, 2.24) is 4.90 Å². The molecule has 0 saturated heterocycles. The third kappa shape index (κ3) is 3.83. The number of nitrogens with zero attached hydrogens (tertiary/aromatic N) is 1. The predicted molar refractivity (Wildman–Crippen MR) is 81.2 cm³/mol. The third-order valence-corrected chi connectivity index (χ3v) is 3.14. The summed E-state index contributed by atoms with van der Waals surface area (Å²) in [4.78, 5) is 13.3. The van der Waals surface area contributed by atoms with Crippen LogP contribution in [0.4, 0.5) is 0 Å². The standard InChI is InChI=1S/C17H19NO3/c1-18(2)17(20)14-9-7-13(8-10-14)12-21-16-6-4-3-5-15(16)11-19/h3-10,19H,11-12H2,1-2H3. The molecule has 1 amide bonds. The molecule has 0 heterocycles. The molecular weight excluding hydrogens is 266 g/mol. The minimum Gasteiger partial charge on any atom is -0.489 e. The fourth-order valence-corrected chi connectivity index (χ4v) is 1.94. The van der Waals surface area contributed by atoms with Crippen LogP contribution in [0.25, 0.3) is 0 Å². The number of amides is 1. The van der Waals surface area contributed by atoms with Gasteiger partial charge in [0.25, 0.3) is 5.91 Å². The Kier molecular flexibility index (Phi) is 4.95. The van der Waals surface area contributed by atoms with Crippen molar-refractivity contribution in [3.63, 3.8) is 0 Å². The number of hydrogen-bond acceptors (Lipinski definition) is 3. The van der Waals surface area contributed by atoms with E-state index in [9.17, 15) is 9.90 Å². The molecule has 0 aliphatic carbocycles. The van der Waals surface area contributed by atoms with Gasteiger partial charge in [0, 0.05) is 25.2 Å². The molecule has 0 spiro atoms. The lowest BCUT2D eigenvalue weighted by atomic mass is 10.1. The van der Waals surface area contributed by atoms with Crippen molar-refractivity contribution >= 4 is 5.91 Å². The van der Waals surface area contributed by atoms with Crippen molar-refractivity contribution in [3.8, 4) is 5.75 Å². The van der Waals surface area contributed by atoms with Crippen molar-refractivity contribution < 1.29 is 14.6 Å². The number of ether oxygens (including phenoxy) is 1. The van der Waals surface area contributed by atoms with Gasteiger partial charge in [0.1, 0.15) is 12.4 Å². The summed E-state index contributed by atoms with van der Waals surface area (Å²) >= 11 is 0. The molecule has 0 atom stereocenters. The summed E-state index contributed by atoms with van der Waals surface area (Å²) in [5, 5.41) is 9.24. The number of rotatable bonds is 5. The Balaban J connectivity index is 2.02. The summed E-state index contributed by atoms with van der Waals surface area (Å²) in [5.41, 5.74) is 2.38. The van der Waals surface area contributed by atoms with Crippen LogP contribution >= 0.6 is 0 Å². The van der Waals surface area contributed by atoms with Gasteiger partial charge in [-0.05, 0) is 23.8 Å². The number of para-hydroxylation sites is 1. The maximum atomic E-state index is 11.8. The van der Waals surface area contributed by atoms with Gasteiger partial charge < -0.3 is 14.7 Å². The Labute approximate surface area is 124 Å². The molecule has 21 heavy (non-hydrogen) atoms. The van der Waals surface area contributed by atoms with E-state index in [2.05, 4.69) is 0 Å². The number of aliphatic hydroxyl groups excluding tert-OH is 1. The Morgan fingerprint density at radius 3 is 2.38 bits per heavy atom. The fourth-order valence-electron chi connectivity index (χ4n) is 1.94. The molecule has 2 aromatic carbocycles. The first-order valence-electron chi connectivity index (χ1n) is 6.74. The number of benzene rings is 2. The second-order valence-electron chi connectivity index (χ2n) is 4.95. The molecule has 0 saturated carbocycles. The summed E-state index contributed by atoms with van der Waals surface area (Å²) in [7, 11) is 3.45. The first-order chi connectivity index (χ1) is 10.1. The van der Waals surface area contributed by atoms with Gasteiger partial charge in [-0.25, -0.2) is 0 Å². The Morgan fingerprint density at radius 2 is 1.76 bits per heavy atom. The highest BCUT2D eigenvalue weighted by atomic mass is 16.5. The van der Waals surface area contributed by atoms with E-state index < -0.39 is 0 Å². The SMILES string of the molecule is CN(C)C(=O)c1ccc(COc2ccccc2CO)cc1. The maximum absolute atomic E-state index is 11.8. The van der Waals surface area contributed by atoms with Crippen LogP contribution in [0.5, 0.6) is 5.75 Å². The van der Waals surface area contributed by atoms with E-state index in [0.29, 0.717) is 17.9 Å². The van der Waals surface area contributed by atoms with Gasteiger partial charge in [-0.2, -0.15) is 0 Å². The lowest BCUT2D eigenvalue weighted by molar-refractivity contribution is 0.0827. The van der Waals surface area contributed by atoms with E-state index >= 15 is 0 Å². The van der Waals surface area contributed by atoms with Crippen molar-refractivity contribution in [2.45, 2.75) is 13.2 Å². The summed E-state index contributed by atoms with van der Waals surface area (Å²) in [6.07, 6.45) is 0. The van der Waals surface area contributed by atoms with Crippen LogP contribution in [0, 0.1) is 0 Å². The highest BCUT2D eigenvalue weighted by molar-refractivity contribution is 5.93. The van der Waals surface area contributed by atoms with Crippen LogP contribution in [-0.2, 0) is 13.2 Å². The first kappa shape index (κ1) is 15.1. The lowest BCUT2D eigenvalue weighted by Crippen LogP contribution is -2.21. The molecule has 0 aliphatic heterocycles. The zero-order chi connectivity index (χ0) is 15.2. The minimum absolute atomic E-state index is 0.0203. The molecule has 2 rings (SSSR count). The number of carbonyl (C=O) groups excluding carboxylic acids is 1. The largest absolute Gasteiger partial charge is 0.489 e. The minimum atomic E-state index is -0.0492. The Bertz CT molecular complexity index is 606. The van der Waals surface area contributed by atoms with Crippen LogP contribution in [0.3, 0.4) is 0 Å². The van der Waals surface area contributed by atoms with Crippen LogP contribution < -0.4 is 4.74 Å². The van der Waals surface area contributed by atoms with Gasteiger partial charge in [-0.3, -0.25) is 4.79 Å². The van der Waals surface area contributed by atoms with Gasteiger partial charge in [0.2, 0.25) is 0 Å². The second kappa shape index (κ2) is 6.90. The number of carbonyl (C=O) groups is 1. The summed E-state index contributed by atoms with van der Waals surface area (Å²) in [5.74, 6) is 0.654. The maximum Gasteiger partial charge on any atom is 0.253 e. The average Bonchev–Trinajstić information content (AvgIpc) is 2.52. The molecule has 0 aromatic heterocycles. The lowest BCUT2D eigenvalue weighted by Gasteiger charge is -2.12. The molecule has 1 N–H and O–H groups in total. The molecule has 0 unspecified atom stereocenters. The van der Waals surface area contributed by atoms with E-state index in [1.54, 1.807) is 31.1 Å². The highest BCUT2D eigenvalue weighted by Gasteiger charge is 2.07. The van der Waals surface area contributed by atoms with E-state index in [1.165, 1.54) is 0 Å². The van der Waals surface area contributed by atoms with Crippen LogP contribution in [0.1, 0.15) is 21.5 Å². The number of aliphatic hydroxyl groups is 1. The molecule has 4 nitrogen and oxygen atoms in total. The monoisotopic (exact) mass is 285 g/mol. The normalized spacial score (nSPS) is 10.2. The van der Waals surface area contributed by atoms with Gasteiger partial charge in [-0.15, -0.1) is 0 Å². The first-order valence-corrected chi connectivity index (χ1v) is 6.74. The topological polar surface area (TPSA) is 49.8 Å². The molecule has 110 valence electrons. The zero-order valence-corrected chi connectivity index (χ0v) is 12.2. The molecular formula is C17H19NO3. The van der Waals surface area contributed by atoms with Crippen LogP contribution in [0.15, 0.2) is 48.5 Å². The van der Waals surface area contributed by atoms with Gasteiger partial charge in [0.05, 0.1) is 6.61 Å². The van der Waals surface area contributed by atoms with E-state index in [-0.39, 0.29) is 12.5 Å². The van der Waals surface area contributed by atoms with Crippen molar-refractivity contribution in [2.75, 3.05) is 14.1 Å². The summed E-state index contributed by atoms with van der Waals surface area (Å²) in [6, 6.07) is 14.7. The second-order valence-corrected chi connectivity index (χ2v) is 4.95. The predicted octanol–water partition coefficient (Wildman–Crippen LogP) is 2.46. The Hall–Kier alpha value is -2.33. The summed E-state index contributed by atoms with van der Waals surface area (Å²) < 4.78 is 5.71. The molecule has 0 fully saturated rings. The molecule has 2 aromatic rings. The van der Waals surface area contributed by atoms with Crippen LogP contribution in [0.2, 0.25) is 0 Å². The smallest absolute Gasteiger partial charge is 0.253 e. The molecule has 0 aliphatic rings. The molecule has 4 heteroatoms. The zero-order valence-electron chi connectivity index (χ0n) is 12.2. The highest BCUT2D eigenvalue weighted by Crippen LogP contribution is 2.19. The van der Waals surface area contributed by atoms with Gasteiger partial charge in [0.15, 0.2) is 0 Å². The quantitative estimate of drug-likeness (QED) is 0.918.